The van der Waals surface area contributed by atoms with Crippen LogP contribution in [0.4, 0.5) is 0 Å². The fraction of sp³-hybridized carbons (Fsp3) is 0.286. The molecule has 2 heterocycles. The maximum atomic E-state index is 12.7. The first-order valence-electron chi connectivity index (χ1n) is 6.70. The first-order chi connectivity index (χ1) is 10.4. The molecule has 1 fully saturated rings. The van der Waals surface area contributed by atoms with Gasteiger partial charge < -0.3 is 4.90 Å². The Hall–Kier alpha value is -1.15. The highest BCUT2D eigenvalue weighted by Crippen LogP contribution is 2.33. The molecule has 3 rings (SSSR count). The van der Waals surface area contributed by atoms with Gasteiger partial charge >= 0.3 is 0 Å². The predicted octanol–water partition coefficient (Wildman–Crippen LogP) is 2.57. The number of rotatable bonds is 3. The number of sulfonamides is 1. The molecule has 1 radical (unpaired) electrons. The van der Waals surface area contributed by atoms with Crippen LogP contribution in [0.15, 0.2) is 28.5 Å². The molecule has 0 unspecified atom stereocenters. The molecule has 1 aliphatic rings. The SMILES string of the molecule is C[CH]N1CCN(S(=O)(=O)c2cc3ccc(Cl)cc3s2)CC1=O. The molecule has 0 saturated carbocycles. The number of halogens is 1. The lowest BCUT2D eigenvalue weighted by Crippen LogP contribution is -2.50. The maximum absolute atomic E-state index is 12.7. The summed E-state index contributed by atoms with van der Waals surface area (Å²) in [7, 11) is -3.65. The number of amides is 1. The van der Waals surface area contributed by atoms with Crippen LogP contribution < -0.4 is 0 Å². The van der Waals surface area contributed by atoms with Gasteiger partial charge in [0.1, 0.15) is 4.21 Å². The molecule has 1 aromatic carbocycles. The smallest absolute Gasteiger partial charge is 0.253 e. The van der Waals surface area contributed by atoms with Crippen LogP contribution in [-0.2, 0) is 14.8 Å². The number of piperazine rings is 1. The normalized spacial score (nSPS) is 17.4. The molecule has 0 aliphatic carbocycles. The zero-order valence-electron chi connectivity index (χ0n) is 11.8. The van der Waals surface area contributed by atoms with E-state index in [0.29, 0.717) is 18.1 Å². The molecule has 1 aliphatic heterocycles. The minimum absolute atomic E-state index is 0.123. The molecular formula is C14H14ClN2O3S2. The molecular weight excluding hydrogens is 344 g/mol. The second kappa shape index (κ2) is 5.81. The summed E-state index contributed by atoms with van der Waals surface area (Å²) in [5, 5.41) is 1.40. The van der Waals surface area contributed by atoms with Gasteiger partial charge in [-0.25, -0.2) is 8.42 Å². The van der Waals surface area contributed by atoms with E-state index in [4.69, 9.17) is 11.6 Å². The molecule has 22 heavy (non-hydrogen) atoms. The highest BCUT2D eigenvalue weighted by molar-refractivity contribution is 7.91. The quantitative estimate of drug-likeness (QED) is 0.848. The Labute approximate surface area is 138 Å². The van der Waals surface area contributed by atoms with Gasteiger partial charge in [-0.3, -0.25) is 4.79 Å². The van der Waals surface area contributed by atoms with Crippen molar-refractivity contribution >= 4 is 49.0 Å². The summed E-state index contributed by atoms with van der Waals surface area (Å²) >= 11 is 7.11. The molecule has 0 bridgehead atoms. The van der Waals surface area contributed by atoms with Crippen molar-refractivity contribution in [3.8, 4) is 0 Å². The number of fused-ring (bicyclic) bond motifs is 1. The van der Waals surface area contributed by atoms with Gasteiger partial charge in [0.25, 0.3) is 10.0 Å². The Balaban J connectivity index is 1.93. The van der Waals surface area contributed by atoms with Crippen LogP contribution in [0.2, 0.25) is 5.02 Å². The summed E-state index contributed by atoms with van der Waals surface area (Å²) in [5.41, 5.74) is 0. The summed E-state index contributed by atoms with van der Waals surface area (Å²) in [6.45, 7) is 3.99. The lowest BCUT2D eigenvalue weighted by molar-refractivity contribution is -0.132. The highest BCUT2D eigenvalue weighted by Gasteiger charge is 2.33. The number of carbonyl (C=O) groups is 1. The number of thiophene rings is 1. The molecule has 5 nitrogen and oxygen atoms in total. The van der Waals surface area contributed by atoms with Crippen LogP contribution in [0.25, 0.3) is 10.1 Å². The Morgan fingerprint density at radius 1 is 1.27 bits per heavy atom. The highest BCUT2D eigenvalue weighted by atomic mass is 35.5. The Kier molecular flexibility index (Phi) is 4.15. The van der Waals surface area contributed by atoms with Gasteiger partial charge in [0.15, 0.2) is 0 Å². The van der Waals surface area contributed by atoms with Crippen LogP contribution in [0.1, 0.15) is 6.92 Å². The summed E-state index contributed by atoms with van der Waals surface area (Å²) in [5.74, 6) is -0.207. The van der Waals surface area contributed by atoms with Crippen LogP contribution in [0.3, 0.4) is 0 Å². The zero-order valence-corrected chi connectivity index (χ0v) is 14.2. The fourth-order valence-corrected chi connectivity index (χ4v) is 5.59. The van der Waals surface area contributed by atoms with E-state index in [0.717, 1.165) is 10.1 Å². The molecule has 0 atom stereocenters. The molecule has 0 N–H and O–H groups in total. The number of carbonyl (C=O) groups excluding carboxylic acids is 1. The van der Waals surface area contributed by atoms with E-state index in [1.807, 2.05) is 0 Å². The number of benzene rings is 1. The standard InChI is InChI=1S/C14H14ClN2O3S2/c1-2-16-5-6-17(9-13(16)18)22(19,20)14-7-10-3-4-11(15)8-12(10)21-14/h2-4,7-8H,5-6,9H2,1H3. The third-order valence-corrected chi connectivity index (χ3v) is 7.21. The Morgan fingerprint density at radius 3 is 2.73 bits per heavy atom. The van der Waals surface area contributed by atoms with Crippen LogP contribution in [0.5, 0.6) is 0 Å². The molecule has 1 aromatic heterocycles. The topological polar surface area (TPSA) is 57.7 Å². The number of hydrogen-bond acceptors (Lipinski definition) is 4. The predicted molar refractivity (Wildman–Crippen MR) is 87.3 cm³/mol. The molecule has 8 heteroatoms. The van der Waals surface area contributed by atoms with E-state index in [-0.39, 0.29) is 16.7 Å². The average Bonchev–Trinajstić information content (AvgIpc) is 2.90. The molecule has 117 valence electrons. The van der Waals surface area contributed by atoms with Crippen LogP contribution >= 0.6 is 22.9 Å². The first kappa shape index (κ1) is 15.7. The monoisotopic (exact) mass is 357 g/mol. The second-order valence-electron chi connectivity index (χ2n) is 4.93. The lowest BCUT2D eigenvalue weighted by atomic mass is 10.3. The number of hydrogen-bond donors (Lipinski definition) is 0. The van der Waals surface area contributed by atoms with Crippen molar-refractivity contribution in [2.45, 2.75) is 11.1 Å². The van der Waals surface area contributed by atoms with E-state index < -0.39 is 10.0 Å². The minimum Gasteiger partial charge on any atom is -0.335 e. The van der Waals surface area contributed by atoms with E-state index in [1.165, 1.54) is 20.5 Å². The van der Waals surface area contributed by atoms with Gasteiger partial charge in [-0.05, 0) is 30.5 Å². The van der Waals surface area contributed by atoms with Gasteiger partial charge in [-0.2, -0.15) is 4.31 Å². The van der Waals surface area contributed by atoms with Crippen molar-refractivity contribution < 1.29 is 13.2 Å². The summed E-state index contributed by atoms with van der Waals surface area (Å²) in [6, 6.07) is 6.90. The Morgan fingerprint density at radius 2 is 2.05 bits per heavy atom. The average molecular weight is 358 g/mol. The van der Waals surface area contributed by atoms with E-state index in [9.17, 15) is 13.2 Å². The summed E-state index contributed by atoms with van der Waals surface area (Å²) in [4.78, 5) is 13.4. The van der Waals surface area contributed by atoms with Crippen molar-refractivity contribution in [2.75, 3.05) is 19.6 Å². The van der Waals surface area contributed by atoms with Crippen molar-refractivity contribution in [1.29, 1.82) is 0 Å². The first-order valence-corrected chi connectivity index (χ1v) is 9.33. The van der Waals surface area contributed by atoms with Crippen molar-refractivity contribution in [3.05, 3.63) is 35.8 Å². The van der Waals surface area contributed by atoms with E-state index >= 15 is 0 Å². The third-order valence-electron chi connectivity index (χ3n) is 3.59. The van der Waals surface area contributed by atoms with Crippen molar-refractivity contribution in [3.63, 3.8) is 0 Å². The Bertz CT molecular complexity index is 832. The van der Waals surface area contributed by atoms with Crippen molar-refractivity contribution in [1.82, 2.24) is 9.21 Å². The summed E-state index contributed by atoms with van der Waals surface area (Å²) in [6.07, 6.45) is 0. The van der Waals surface area contributed by atoms with Gasteiger partial charge in [0.05, 0.1) is 6.54 Å². The van der Waals surface area contributed by atoms with E-state index in [2.05, 4.69) is 0 Å². The zero-order chi connectivity index (χ0) is 15.9. The minimum atomic E-state index is -3.65. The van der Waals surface area contributed by atoms with Crippen molar-refractivity contribution in [2.24, 2.45) is 0 Å². The van der Waals surface area contributed by atoms with Gasteiger partial charge in [0.2, 0.25) is 5.91 Å². The number of nitrogens with zero attached hydrogens (tertiary/aromatic N) is 2. The van der Waals surface area contributed by atoms with Gasteiger partial charge in [0, 0.05) is 29.4 Å². The summed E-state index contributed by atoms with van der Waals surface area (Å²) < 4.78 is 27.7. The third kappa shape index (κ3) is 2.74. The molecule has 0 spiro atoms. The van der Waals surface area contributed by atoms with Crippen LogP contribution in [0, 0.1) is 6.54 Å². The molecule has 1 amide bonds. The molecule has 2 aromatic rings. The maximum Gasteiger partial charge on any atom is 0.253 e. The van der Waals surface area contributed by atoms with Gasteiger partial charge in [-0.1, -0.05) is 17.7 Å². The van der Waals surface area contributed by atoms with Crippen LogP contribution in [-0.4, -0.2) is 43.2 Å². The molecule has 1 saturated heterocycles. The fourth-order valence-electron chi connectivity index (χ4n) is 2.38. The second-order valence-corrected chi connectivity index (χ2v) is 8.62. The van der Waals surface area contributed by atoms with Gasteiger partial charge in [-0.15, -0.1) is 11.3 Å². The lowest BCUT2D eigenvalue weighted by Gasteiger charge is -2.32. The largest absolute Gasteiger partial charge is 0.335 e. The van der Waals surface area contributed by atoms with E-state index in [1.54, 1.807) is 37.7 Å².